The van der Waals surface area contributed by atoms with Gasteiger partial charge in [0.05, 0.1) is 29.8 Å². The molecule has 0 aliphatic carbocycles. The second-order valence-corrected chi connectivity index (χ2v) is 6.42. The third kappa shape index (κ3) is 3.96. The molecule has 140 valence electrons. The molecular weight excluding hydrogens is 354 g/mol. The zero-order valence-electron chi connectivity index (χ0n) is 14.4. The smallest absolute Gasteiger partial charge is 0.226 e. The van der Waals surface area contributed by atoms with E-state index in [1.807, 2.05) is 0 Å². The van der Waals surface area contributed by atoms with Crippen LogP contribution in [0.4, 0.5) is 14.5 Å². The number of morpholine rings is 1. The van der Waals surface area contributed by atoms with Gasteiger partial charge in [0, 0.05) is 24.7 Å². The molecule has 1 saturated heterocycles. The lowest BCUT2D eigenvalue weighted by molar-refractivity contribution is -0.117. The highest BCUT2D eigenvalue weighted by molar-refractivity contribution is 5.93. The Labute approximate surface area is 153 Å². The van der Waals surface area contributed by atoms with Crippen LogP contribution in [-0.2, 0) is 9.53 Å². The molecule has 0 radical (unpaired) electrons. The standard InChI is InChI=1S/C19H18F2N4O2/c20-11-1-3-15(21)14(7-11)19-24-16-4-2-12(8-17(16)25-19)23-18(26)9-13-10-27-6-5-22-13/h1-4,7-8,13,22H,5-6,9-10H2,(H,23,26)(H,24,25). The van der Waals surface area contributed by atoms with Gasteiger partial charge in [-0.15, -0.1) is 0 Å². The largest absolute Gasteiger partial charge is 0.378 e. The van der Waals surface area contributed by atoms with E-state index in [0.717, 1.165) is 24.7 Å². The average Bonchev–Trinajstić information content (AvgIpc) is 3.07. The molecule has 1 fully saturated rings. The van der Waals surface area contributed by atoms with Gasteiger partial charge in [-0.3, -0.25) is 4.79 Å². The van der Waals surface area contributed by atoms with E-state index >= 15 is 0 Å². The highest BCUT2D eigenvalue weighted by atomic mass is 19.1. The van der Waals surface area contributed by atoms with Crippen molar-refractivity contribution >= 4 is 22.6 Å². The number of imidazole rings is 1. The number of anilines is 1. The molecule has 0 bridgehead atoms. The van der Waals surface area contributed by atoms with Crippen molar-refractivity contribution in [3.8, 4) is 11.4 Å². The quantitative estimate of drug-likeness (QED) is 0.658. The van der Waals surface area contributed by atoms with Crippen molar-refractivity contribution in [2.75, 3.05) is 25.1 Å². The summed E-state index contributed by atoms with van der Waals surface area (Å²) in [6, 6.07) is 8.35. The van der Waals surface area contributed by atoms with Crippen LogP contribution in [0, 0.1) is 11.6 Å². The number of halogens is 2. The van der Waals surface area contributed by atoms with E-state index in [0.29, 0.717) is 36.4 Å². The molecule has 2 heterocycles. The fraction of sp³-hybridized carbons (Fsp3) is 0.263. The van der Waals surface area contributed by atoms with Crippen LogP contribution < -0.4 is 10.6 Å². The summed E-state index contributed by atoms with van der Waals surface area (Å²) >= 11 is 0. The first kappa shape index (κ1) is 17.6. The molecule has 2 aromatic carbocycles. The van der Waals surface area contributed by atoms with Crippen molar-refractivity contribution in [2.45, 2.75) is 12.5 Å². The van der Waals surface area contributed by atoms with Gasteiger partial charge in [0.15, 0.2) is 0 Å². The number of aromatic amines is 1. The minimum absolute atomic E-state index is 0.00260. The van der Waals surface area contributed by atoms with Crippen LogP contribution in [0.5, 0.6) is 0 Å². The van der Waals surface area contributed by atoms with Crippen LogP contribution in [0.2, 0.25) is 0 Å². The molecule has 0 spiro atoms. The highest BCUT2D eigenvalue weighted by Gasteiger charge is 2.17. The predicted molar refractivity (Wildman–Crippen MR) is 97.3 cm³/mol. The molecule has 8 heteroatoms. The average molecular weight is 372 g/mol. The molecular formula is C19H18F2N4O2. The minimum Gasteiger partial charge on any atom is -0.378 e. The van der Waals surface area contributed by atoms with Crippen molar-refractivity contribution in [1.29, 1.82) is 0 Å². The number of ether oxygens (including phenoxy) is 1. The van der Waals surface area contributed by atoms with Gasteiger partial charge in [0.25, 0.3) is 0 Å². The Morgan fingerprint density at radius 3 is 2.96 bits per heavy atom. The van der Waals surface area contributed by atoms with E-state index in [9.17, 15) is 13.6 Å². The number of nitrogens with one attached hydrogen (secondary N) is 3. The summed E-state index contributed by atoms with van der Waals surface area (Å²) in [5.74, 6) is -1.01. The normalized spacial score (nSPS) is 17.2. The SMILES string of the molecule is O=C(CC1COCCN1)Nc1ccc2nc(-c3cc(F)ccc3F)[nH]c2c1. The number of H-pyrrole nitrogens is 1. The third-order valence-electron chi connectivity index (χ3n) is 4.38. The van der Waals surface area contributed by atoms with Crippen molar-refractivity contribution in [2.24, 2.45) is 0 Å². The maximum absolute atomic E-state index is 14.0. The summed E-state index contributed by atoms with van der Waals surface area (Å²) in [5.41, 5.74) is 1.86. The van der Waals surface area contributed by atoms with Crippen molar-refractivity contribution < 1.29 is 18.3 Å². The molecule has 1 atom stereocenters. The second-order valence-electron chi connectivity index (χ2n) is 6.42. The molecule has 1 aliphatic rings. The third-order valence-corrected chi connectivity index (χ3v) is 4.38. The van der Waals surface area contributed by atoms with Crippen LogP contribution in [-0.4, -0.2) is 41.7 Å². The molecule has 3 aromatic rings. The molecule has 0 saturated carbocycles. The number of hydrogen-bond donors (Lipinski definition) is 3. The number of fused-ring (bicyclic) bond motifs is 1. The van der Waals surface area contributed by atoms with Crippen LogP contribution >= 0.6 is 0 Å². The number of benzene rings is 2. The Balaban J connectivity index is 1.52. The molecule has 27 heavy (non-hydrogen) atoms. The van der Waals surface area contributed by atoms with E-state index in [1.54, 1.807) is 18.2 Å². The van der Waals surface area contributed by atoms with Crippen LogP contribution in [0.1, 0.15) is 6.42 Å². The fourth-order valence-electron chi connectivity index (χ4n) is 3.08. The maximum atomic E-state index is 14.0. The Morgan fingerprint density at radius 1 is 1.26 bits per heavy atom. The van der Waals surface area contributed by atoms with Gasteiger partial charge < -0.3 is 20.4 Å². The van der Waals surface area contributed by atoms with E-state index in [2.05, 4.69) is 20.6 Å². The number of amides is 1. The van der Waals surface area contributed by atoms with Gasteiger partial charge in [0.2, 0.25) is 5.91 Å². The van der Waals surface area contributed by atoms with Gasteiger partial charge in [-0.25, -0.2) is 13.8 Å². The van der Waals surface area contributed by atoms with Crippen molar-refractivity contribution in [1.82, 2.24) is 15.3 Å². The van der Waals surface area contributed by atoms with Gasteiger partial charge in [0.1, 0.15) is 17.5 Å². The Hall–Kier alpha value is -2.84. The van der Waals surface area contributed by atoms with Crippen LogP contribution in [0.25, 0.3) is 22.4 Å². The first-order valence-corrected chi connectivity index (χ1v) is 8.64. The van der Waals surface area contributed by atoms with Crippen LogP contribution in [0.15, 0.2) is 36.4 Å². The summed E-state index contributed by atoms with van der Waals surface area (Å²) in [5, 5.41) is 6.06. The zero-order chi connectivity index (χ0) is 18.8. The number of nitrogens with zero attached hydrogens (tertiary/aromatic N) is 1. The zero-order valence-corrected chi connectivity index (χ0v) is 14.4. The number of hydrogen-bond acceptors (Lipinski definition) is 4. The molecule has 6 nitrogen and oxygen atoms in total. The van der Waals surface area contributed by atoms with E-state index in [-0.39, 0.29) is 23.3 Å². The highest BCUT2D eigenvalue weighted by Crippen LogP contribution is 2.25. The Morgan fingerprint density at radius 2 is 2.15 bits per heavy atom. The summed E-state index contributed by atoms with van der Waals surface area (Å²) in [6.07, 6.45) is 0.306. The number of carbonyl (C=O) groups excluding carboxylic acids is 1. The Bertz CT molecular complexity index is 983. The first-order chi connectivity index (χ1) is 13.1. The minimum atomic E-state index is -0.564. The van der Waals surface area contributed by atoms with E-state index in [1.165, 1.54) is 0 Å². The predicted octanol–water partition coefficient (Wildman–Crippen LogP) is 2.83. The lowest BCUT2D eigenvalue weighted by Gasteiger charge is -2.23. The van der Waals surface area contributed by atoms with Gasteiger partial charge in [-0.05, 0) is 36.4 Å². The summed E-state index contributed by atoms with van der Waals surface area (Å²) in [7, 11) is 0. The monoisotopic (exact) mass is 372 g/mol. The van der Waals surface area contributed by atoms with Gasteiger partial charge in [-0.2, -0.15) is 0 Å². The second kappa shape index (κ2) is 7.42. The first-order valence-electron chi connectivity index (χ1n) is 8.64. The van der Waals surface area contributed by atoms with Crippen LogP contribution in [0.3, 0.4) is 0 Å². The molecule has 1 aliphatic heterocycles. The lowest BCUT2D eigenvalue weighted by Crippen LogP contribution is -2.43. The maximum Gasteiger partial charge on any atom is 0.226 e. The molecule has 1 amide bonds. The summed E-state index contributed by atoms with van der Waals surface area (Å²) in [6.45, 7) is 1.90. The summed E-state index contributed by atoms with van der Waals surface area (Å²) < 4.78 is 32.7. The van der Waals surface area contributed by atoms with E-state index < -0.39 is 11.6 Å². The van der Waals surface area contributed by atoms with Crippen molar-refractivity contribution in [3.05, 3.63) is 48.0 Å². The topological polar surface area (TPSA) is 79.0 Å². The summed E-state index contributed by atoms with van der Waals surface area (Å²) in [4.78, 5) is 19.5. The molecule has 1 aromatic heterocycles. The number of rotatable bonds is 4. The number of aromatic nitrogens is 2. The van der Waals surface area contributed by atoms with Gasteiger partial charge in [-0.1, -0.05) is 0 Å². The fourth-order valence-corrected chi connectivity index (χ4v) is 3.08. The molecule has 3 N–H and O–H groups in total. The lowest BCUT2D eigenvalue weighted by atomic mass is 10.2. The van der Waals surface area contributed by atoms with Gasteiger partial charge >= 0.3 is 0 Å². The van der Waals surface area contributed by atoms with Crippen molar-refractivity contribution in [3.63, 3.8) is 0 Å². The van der Waals surface area contributed by atoms with E-state index in [4.69, 9.17) is 4.74 Å². The molecule has 4 rings (SSSR count). The molecule has 1 unspecified atom stereocenters. The number of carbonyl (C=O) groups is 1. The Kier molecular flexibility index (Phi) is 4.83.